The van der Waals surface area contributed by atoms with E-state index in [1.165, 1.54) is 4.90 Å². The minimum Gasteiger partial charge on any atom is -0.480 e. The fourth-order valence-electron chi connectivity index (χ4n) is 2.07. The van der Waals surface area contributed by atoms with Crippen LogP contribution >= 0.6 is 0 Å². The Morgan fingerprint density at radius 3 is 2.63 bits per heavy atom. The number of urea groups is 1. The van der Waals surface area contributed by atoms with Crippen LogP contribution in [0.15, 0.2) is 0 Å². The van der Waals surface area contributed by atoms with Gasteiger partial charge >= 0.3 is 12.0 Å². The summed E-state index contributed by atoms with van der Waals surface area (Å²) in [5.41, 5.74) is -0.458. The zero-order chi connectivity index (χ0) is 14.5. The number of hydrogen-bond acceptors (Lipinski definition) is 3. The van der Waals surface area contributed by atoms with E-state index in [4.69, 9.17) is 4.74 Å². The quantitative estimate of drug-likeness (QED) is 0.812. The van der Waals surface area contributed by atoms with Gasteiger partial charge in [0, 0.05) is 20.2 Å². The van der Waals surface area contributed by atoms with E-state index < -0.39 is 17.6 Å². The Labute approximate surface area is 114 Å². The van der Waals surface area contributed by atoms with Crippen LogP contribution in [0, 0.1) is 0 Å². The third-order valence-electron chi connectivity index (χ3n) is 3.52. The molecule has 1 aliphatic heterocycles. The van der Waals surface area contributed by atoms with Crippen LogP contribution in [-0.4, -0.2) is 53.8 Å². The van der Waals surface area contributed by atoms with E-state index in [1.807, 2.05) is 13.8 Å². The third-order valence-corrected chi connectivity index (χ3v) is 3.52. The number of carbonyl (C=O) groups is 2. The number of nitrogens with zero attached hydrogens (tertiary/aromatic N) is 1. The van der Waals surface area contributed by atoms with E-state index in [2.05, 4.69) is 5.32 Å². The van der Waals surface area contributed by atoms with Crippen molar-refractivity contribution in [1.82, 2.24) is 10.2 Å². The van der Waals surface area contributed by atoms with Gasteiger partial charge in [0.15, 0.2) is 0 Å². The molecule has 6 heteroatoms. The van der Waals surface area contributed by atoms with Crippen LogP contribution in [0.4, 0.5) is 4.79 Å². The van der Waals surface area contributed by atoms with E-state index in [1.54, 1.807) is 7.11 Å². The lowest BCUT2D eigenvalue weighted by Gasteiger charge is -2.29. The highest BCUT2D eigenvalue weighted by Crippen LogP contribution is 2.17. The summed E-state index contributed by atoms with van der Waals surface area (Å²) in [6, 6.07) is -1.03. The second-order valence-corrected chi connectivity index (χ2v) is 5.52. The lowest BCUT2D eigenvalue weighted by molar-refractivity contribution is -0.142. The van der Waals surface area contributed by atoms with Crippen LogP contribution in [0.1, 0.15) is 39.5 Å². The number of rotatable bonds is 4. The molecular formula is C13H24N2O4. The van der Waals surface area contributed by atoms with E-state index in [9.17, 15) is 14.7 Å². The first-order valence-electron chi connectivity index (χ1n) is 6.70. The van der Waals surface area contributed by atoms with Gasteiger partial charge in [0.1, 0.15) is 6.04 Å². The molecular weight excluding hydrogens is 248 g/mol. The van der Waals surface area contributed by atoms with Gasteiger partial charge in [-0.1, -0.05) is 12.8 Å². The minimum atomic E-state index is -0.928. The first kappa shape index (κ1) is 15.8. The molecule has 0 aromatic rings. The van der Waals surface area contributed by atoms with Gasteiger partial charge in [-0.05, 0) is 26.7 Å². The summed E-state index contributed by atoms with van der Waals surface area (Å²) in [6.45, 7) is 4.58. The Kier molecular flexibility index (Phi) is 5.60. The average molecular weight is 272 g/mol. The van der Waals surface area contributed by atoms with Crippen molar-refractivity contribution in [2.75, 3.05) is 20.2 Å². The molecule has 110 valence electrons. The molecule has 2 N–H and O–H groups in total. The molecule has 0 spiro atoms. The van der Waals surface area contributed by atoms with Gasteiger partial charge in [-0.3, -0.25) is 0 Å². The molecule has 0 bridgehead atoms. The van der Waals surface area contributed by atoms with Crippen LogP contribution in [-0.2, 0) is 9.53 Å². The highest BCUT2D eigenvalue weighted by Gasteiger charge is 2.31. The first-order chi connectivity index (χ1) is 8.87. The van der Waals surface area contributed by atoms with Crippen LogP contribution in [0.3, 0.4) is 0 Å². The Balaban J connectivity index is 2.63. The smallest absolute Gasteiger partial charge is 0.326 e. The van der Waals surface area contributed by atoms with Crippen LogP contribution < -0.4 is 5.32 Å². The summed E-state index contributed by atoms with van der Waals surface area (Å²) >= 11 is 0. The third kappa shape index (κ3) is 4.70. The molecule has 1 atom stereocenters. The number of methoxy groups -OCH3 is 1. The lowest BCUT2D eigenvalue weighted by Crippen LogP contribution is -2.52. The van der Waals surface area contributed by atoms with Crippen molar-refractivity contribution in [2.45, 2.75) is 51.2 Å². The van der Waals surface area contributed by atoms with Crippen molar-refractivity contribution < 1.29 is 19.4 Å². The predicted octanol–water partition coefficient (Wildman–Crippen LogP) is 1.45. The minimum absolute atomic E-state index is 0.320. The van der Waals surface area contributed by atoms with Gasteiger partial charge in [0.05, 0.1) is 5.60 Å². The van der Waals surface area contributed by atoms with Crippen molar-refractivity contribution in [1.29, 1.82) is 0 Å². The number of amides is 2. The molecule has 0 radical (unpaired) electrons. The normalized spacial score (nSPS) is 20.8. The molecule has 1 heterocycles. The summed E-state index contributed by atoms with van der Waals surface area (Å²) in [5, 5.41) is 12.0. The SMILES string of the molecule is COC(C)(C)CNC(=O)N1CCCCCC1C(=O)O. The van der Waals surface area contributed by atoms with E-state index in [0.29, 0.717) is 19.5 Å². The maximum Gasteiger partial charge on any atom is 0.326 e. The Hall–Kier alpha value is -1.30. The first-order valence-corrected chi connectivity index (χ1v) is 6.70. The van der Waals surface area contributed by atoms with Crippen molar-refractivity contribution >= 4 is 12.0 Å². The summed E-state index contributed by atoms with van der Waals surface area (Å²) in [6.07, 6.45) is 3.20. The molecule has 6 nitrogen and oxygen atoms in total. The largest absolute Gasteiger partial charge is 0.480 e. The fourth-order valence-corrected chi connectivity index (χ4v) is 2.07. The predicted molar refractivity (Wildman–Crippen MR) is 71.1 cm³/mol. The summed E-state index contributed by atoms with van der Waals surface area (Å²) in [7, 11) is 1.58. The number of carboxylic acid groups (broad SMARTS) is 1. The maximum absolute atomic E-state index is 12.1. The van der Waals surface area contributed by atoms with Crippen molar-refractivity contribution in [3.8, 4) is 0 Å². The standard InChI is InChI=1S/C13H24N2O4/c1-13(2,19-3)9-14-12(18)15-8-6-4-5-7-10(15)11(16)17/h10H,4-9H2,1-3H3,(H,14,18)(H,16,17). The molecule has 1 rings (SSSR count). The second-order valence-electron chi connectivity index (χ2n) is 5.52. The van der Waals surface area contributed by atoms with Gasteiger partial charge in [-0.15, -0.1) is 0 Å². The molecule has 1 aliphatic rings. The highest BCUT2D eigenvalue weighted by molar-refractivity contribution is 5.82. The van der Waals surface area contributed by atoms with Crippen molar-refractivity contribution in [3.05, 3.63) is 0 Å². The molecule has 0 aromatic heterocycles. The number of carbonyl (C=O) groups excluding carboxylic acids is 1. The van der Waals surface area contributed by atoms with Crippen LogP contribution in [0.2, 0.25) is 0 Å². The van der Waals surface area contributed by atoms with E-state index >= 15 is 0 Å². The Morgan fingerprint density at radius 2 is 2.05 bits per heavy atom. The lowest BCUT2D eigenvalue weighted by atomic mass is 10.1. The monoisotopic (exact) mass is 272 g/mol. The molecule has 1 unspecified atom stereocenters. The van der Waals surface area contributed by atoms with Gasteiger partial charge in [0.2, 0.25) is 0 Å². The zero-order valence-corrected chi connectivity index (χ0v) is 11.9. The van der Waals surface area contributed by atoms with Gasteiger partial charge in [-0.2, -0.15) is 0 Å². The highest BCUT2D eigenvalue weighted by atomic mass is 16.5. The molecule has 1 saturated heterocycles. The number of carboxylic acids is 1. The molecule has 0 saturated carbocycles. The van der Waals surface area contributed by atoms with Gasteiger partial charge in [-0.25, -0.2) is 9.59 Å². The Morgan fingerprint density at radius 1 is 1.37 bits per heavy atom. The summed E-state index contributed by atoms with van der Waals surface area (Å²) in [5.74, 6) is -0.928. The van der Waals surface area contributed by atoms with Crippen LogP contribution in [0.5, 0.6) is 0 Å². The van der Waals surface area contributed by atoms with Gasteiger partial charge in [0.25, 0.3) is 0 Å². The van der Waals surface area contributed by atoms with Crippen LogP contribution in [0.25, 0.3) is 0 Å². The number of hydrogen-bond donors (Lipinski definition) is 2. The van der Waals surface area contributed by atoms with Crippen molar-refractivity contribution in [3.63, 3.8) is 0 Å². The molecule has 0 aliphatic carbocycles. The summed E-state index contributed by atoms with van der Waals surface area (Å²) < 4.78 is 5.22. The van der Waals surface area contributed by atoms with E-state index in [-0.39, 0.29) is 6.03 Å². The number of nitrogens with one attached hydrogen (secondary N) is 1. The Bertz CT molecular complexity index is 331. The molecule has 0 aromatic carbocycles. The fraction of sp³-hybridized carbons (Fsp3) is 0.846. The molecule has 1 fully saturated rings. The maximum atomic E-state index is 12.1. The van der Waals surface area contributed by atoms with E-state index in [0.717, 1.165) is 19.3 Å². The zero-order valence-electron chi connectivity index (χ0n) is 11.9. The molecule has 19 heavy (non-hydrogen) atoms. The molecule has 2 amide bonds. The topological polar surface area (TPSA) is 78.9 Å². The number of likely N-dealkylation sites (tertiary alicyclic amines) is 1. The number of aliphatic carboxylic acids is 1. The summed E-state index contributed by atoms with van der Waals surface area (Å²) in [4.78, 5) is 24.8. The second kappa shape index (κ2) is 6.75. The average Bonchev–Trinajstić information content (AvgIpc) is 2.61. The van der Waals surface area contributed by atoms with Gasteiger partial charge < -0.3 is 20.1 Å². The number of ether oxygens (including phenoxy) is 1. The van der Waals surface area contributed by atoms with Crippen molar-refractivity contribution in [2.24, 2.45) is 0 Å².